The van der Waals surface area contributed by atoms with Crippen LogP contribution in [-0.2, 0) is 0 Å². The van der Waals surface area contributed by atoms with Gasteiger partial charge in [-0.25, -0.2) is 4.39 Å². The van der Waals surface area contributed by atoms with Crippen LogP contribution in [0.2, 0.25) is 0 Å². The third-order valence-electron chi connectivity index (χ3n) is 2.95. The number of aromatic hydroxyl groups is 1. The van der Waals surface area contributed by atoms with Gasteiger partial charge in [0.25, 0.3) is 0 Å². The molecule has 0 fully saturated rings. The summed E-state index contributed by atoms with van der Waals surface area (Å²) in [7, 11) is 0. The fourth-order valence-electron chi connectivity index (χ4n) is 2.05. The van der Waals surface area contributed by atoms with Crippen molar-refractivity contribution in [3.05, 3.63) is 51.9 Å². The molecule has 3 rings (SSSR count). The molecular formula is C14H9FO2S. The van der Waals surface area contributed by atoms with E-state index in [9.17, 15) is 14.3 Å². The van der Waals surface area contributed by atoms with E-state index in [0.29, 0.717) is 10.1 Å². The molecule has 1 N–H and O–H groups in total. The largest absolute Gasteiger partial charge is 0.506 e. The Bertz CT molecular complexity index is 836. The molecule has 0 aliphatic heterocycles. The fraction of sp³-hybridized carbons (Fsp3) is 0.0714. The monoisotopic (exact) mass is 260 g/mol. The predicted octanol–water partition coefficient (Wildman–Crippen LogP) is 3.57. The van der Waals surface area contributed by atoms with Crippen molar-refractivity contribution in [1.82, 2.24) is 0 Å². The molecule has 18 heavy (non-hydrogen) atoms. The lowest BCUT2D eigenvalue weighted by Crippen LogP contribution is -2.04. The molecule has 0 amide bonds. The van der Waals surface area contributed by atoms with Crippen LogP contribution in [0.1, 0.15) is 5.56 Å². The van der Waals surface area contributed by atoms with Gasteiger partial charge < -0.3 is 5.11 Å². The Kier molecular flexibility index (Phi) is 2.35. The standard InChI is InChI=1S/C14H9FO2S/c1-7-6-9(16)14-11(12(7)15)13(17)8-4-2-3-5-10(8)18-14/h2-6,16H,1H3. The normalized spacial score (nSPS) is 11.2. The summed E-state index contributed by atoms with van der Waals surface area (Å²) in [6.45, 7) is 1.54. The molecule has 2 nitrogen and oxygen atoms in total. The highest BCUT2D eigenvalue weighted by Crippen LogP contribution is 2.33. The maximum atomic E-state index is 14.1. The molecule has 4 heteroatoms. The average Bonchev–Trinajstić information content (AvgIpc) is 2.36. The Morgan fingerprint density at radius 3 is 2.78 bits per heavy atom. The number of aryl methyl sites for hydroxylation is 1. The molecule has 0 saturated carbocycles. The minimum absolute atomic E-state index is 0.0174. The minimum atomic E-state index is -0.546. The molecule has 0 spiro atoms. The average molecular weight is 260 g/mol. The van der Waals surface area contributed by atoms with Crippen LogP contribution >= 0.6 is 11.3 Å². The number of hydrogen-bond acceptors (Lipinski definition) is 3. The number of halogens is 1. The van der Waals surface area contributed by atoms with Crippen molar-refractivity contribution >= 4 is 31.5 Å². The van der Waals surface area contributed by atoms with Crippen molar-refractivity contribution in [3.8, 4) is 5.75 Å². The second-order valence-electron chi connectivity index (χ2n) is 4.16. The van der Waals surface area contributed by atoms with Crippen molar-refractivity contribution in [1.29, 1.82) is 0 Å². The SMILES string of the molecule is Cc1cc(O)c2sc3ccccc3c(=O)c2c1F. The van der Waals surface area contributed by atoms with Gasteiger partial charge in [-0.1, -0.05) is 12.1 Å². The third kappa shape index (κ3) is 1.42. The van der Waals surface area contributed by atoms with Crippen molar-refractivity contribution in [2.24, 2.45) is 0 Å². The summed E-state index contributed by atoms with van der Waals surface area (Å²) in [5.41, 5.74) is -0.0876. The van der Waals surface area contributed by atoms with Crippen LogP contribution in [0.4, 0.5) is 4.39 Å². The van der Waals surface area contributed by atoms with Gasteiger partial charge in [-0.2, -0.15) is 0 Å². The first-order valence-corrected chi connectivity index (χ1v) is 6.25. The van der Waals surface area contributed by atoms with Crippen LogP contribution in [0.5, 0.6) is 5.75 Å². The second-order valence-corrected chi connectivity index (χ2v) is 5.21. The number of benzene rings is 2. The Hall–Kier alpha value is -1.94. The van der Waals surface area contributed by atoms with Gasteiger partial charge in [0, 0.05) is 10.1 Å². The van der Waals surface area contributed by atoms with E-state index in [2.05, 4.69) is 0 Å². The van der Waals surface area contributed by atoms with E-state index in [0.717, 1.165) is 4.70 Å². The van der Waals surface area contributed by atoms with Crippen LogP contribution in [0.25, 0.3) is 20.2 Å². The predicted molar refractivity (Wildman–Crippen MR) is 72.0 cm³/mol. The first-order valence-electron chi connectivity index (χ1n) is 5.43. The third-order valence-corrected chi connectivity index (χ3v) is 4.14. The van der Waals surface area contributed by atoms with Gasteiger partial charge in [0.1, 0.15) is 11.6 Å². The van der Waals surface area contributed by atoms with E-state index in [1.54, 1.807) is 18.2 Å². The zero-order valence-electron chi connectivity index (χ0n) is 9.53. The van der Waals surface area contributed by atoms with Gasteiger partial charge in [-0.15, -0.1) is 11.3 Å². The Balaban J connectivity index is 2.69. The van der Waals surface area contributed by atoms with Crippen molar-refractivity contribution in [3.63, 3.8) is 0 Å². The Morgan fingerprint density at radius 1 is 1.28 bits per heavy atom. The van der Waals surface area contributed by atoms with E-state index in [-0.39, 0.29) is 22.1 Å². The lowest BCUT2D eigenvalue weighted by atomic mass is 10.1. The number of fused-ring (bicyclic) bond motifs is 2. The number of phenolic OH excluding ortho intramolecular Hbond substituents is 1. The van der Waals surface area contributed by atoms with Gasteiger partial charge in [0.05, 0.1) is 10.1 Å². The van der Waals surface area contributed by atoms with Crippen LogP contribution in [0.3, 0.4) is 0 Å². The first-order chi connectivity index (χ1) is 8.59. The second kappa shape index (κ2) is 3.78. The lowest BCUT2D eigenvalue weighted by molar-refractivity contribution is 0.480. The van der Waals surface area contributed by atoms with Crippen LogP contribution < -0.4 is 5.43 Å². The van der Waals surface area contributed by atoms with Gasteiger partial charge in [-0.3, -0.25) is 4.79 Å². The summed E-state index contributed by atoms with van der Waals surface area (Å²) in [6.07, 6.45) is 0. The van der Waals surface area contributed by atoms with Crippen molar-refractivity contribution in [2.75, 3.05) is 0 Å². The molecule has 90 valence electrons. The van der Waals surface area contributed by atoms with Gasteiger partial charge >= 0.3 is 0 Å². The molecule has 1 aromatic heterocycles. The number of hydrogen-bond donors (Lipinski definition) is 1. The topological polar surface area (TPSA) is 37.3 Å². The fourth-order valence-corrected chi connectivity index (χ4v) is 3.14. The van der Waals surface area contributed by atoms with E-state index in [1.165, 1.54) is 24.3 Å². The molecular weight excluding hydrogens is 251 g/mol. The summed E-state index contributed by atoms with van der Waals surface area (Å²) >= 11 is 1.22. The summed E-state index contributed by atoms with van der Waals surface area (Å²) < 4.78 is 15.1. The molecule has 0 bridgehead atoms. The first kappa shape index (κ1) is 11.2. The lowest BCUT2D eigenvalue weighted by Gasteiger charge is -2.06. The summed E-state index contributed by atoms with van der Waals surface area (Å²) in [4.78, 5) is 12.3. The molecule has 0 aliphatic carbocycles. The maximum absolute atomic E-state index is 14.1. The summed E-state index contributed by atoms with van der Waals surface area (Å²) in [5.74, 6) is -0.591. The quantitative estimate of drug-likeness (QED) is 0.627. The van der Waals surface area contributed by atoms with Crippen molar-refractivity contribution < 1.29 is 9.50 Å². The zero-order chi connectivity index (χ0) is 12.9. The van der Waals surface area contributed by atoms with Crippen LogP contribution in [0.15, 0.2) is 35.1 Å². The molecule has 3 aromatic rings. The van der Waals surface area contributed by atoms with E-state index in [4.69, 9.17) is 0 Å². The molecule has 0 atom stereocenters. The Morgan fingerprint density at radius 2 is 2.00 bits per heavy atom. The highest BCUT2D eigenvalue weighted by molar-refractivity contribution is 7.24. The smallest absolute Gasteiger partial charge is 0.198 e. The van der Waals surface area contributed by atoms with E-state index >= 15 is 0 Å². The zero-order valence-corrected chi connectivity index (χ0v) is 10.3. The molecule has 0 radical (unpaired) electrons. The minimum Gasteiger partial charge on any atom is -0.506 e. The molecule has 1 heterocycles. The highest BCUT2D eigenvalue weighted by Gasteiger charge is 2.15. The molecule has 2 aromatic carbocycles. The van der Waals surface area contributed by atoms with Gasteiger partial charge in [0.2, 0.25) is 0 Å². The van der Waals surface area contributed by atoms with Gasteiger partial charge in [-0.05, 0) is 30.7 Å². The maximum Gasteiger partial charge on any atom is 0.198 e. The Labute approximate surface area is 106 Å². The van der Waals surface area contributed by atoms with Crippen LogP contribution in [-0.4, -0.2) is 5.11 Å². The molecule has 0 unspecified atom stereocenters. The van der Waals surface area contributed by atoms with Crippen molar-refractivity contribution in [2.45, 2.75) is 6.92 Å². The molecule has 0 aliphatic rings. The van der Waals surface area contributed by atoms with E-state index < -0.39 is 5.82 Å². The van der Waals surface area contributed by atoms with Gasteiger partial charge in [0.15, 0.2) is 5.43 Å². The molecule has 0 saturated heterocycles. The number of rotatable bonds is 0. The van der Waals surface area contributed by atoms with Crippen LogP contribution in [0, 0.1) is 12.7 Å². The highest BCUT2D eigenvalue weighted by atomic mass is 32.1. The summed E-state index contributed by atoms with van der Waals surface area (Å²) in [5, 5.41) is 10.3. The summed E-state index contributed by atoms with van der Waals surface area (Å²) in [6, 6.07) is 8.37. The van der Waals surface area contributed by atoms with E-state index in [1.807, 2.05) is 6.07 Å². The number of phenols is 1.